The molecule has 1 aromatic carbocycles. The normalized spacial score (nSPS) is 9.61. The first-order valence-corrected chi connectivity index (χ1v) is 5.18. The summed E-state index contributed by atoms with van der Waals surface area (Å²) in [5, 5.41) is 24.3. The molecule has 1 rings (SSSR count). The number of halogens is 1. The van der Waals surface area contributed by atoms with Crippen molar-refractivity contribution in [2.24, 2.45) is 0 Å². The van der Waals surface area contributed by atoms with Crippen LogP contribution in [0.5, 0.6) is 0 Å². The second-order valence-corrected chi connectivity index (χ2v) is 3.55. The van der Waals surface area contributed by atoms with E-state index in [1.54, 1.807) is 0 Å². The van der Waals surface area contributed by atoms with Gasteiger partial charge in [-0.25, -0.2) is 0 Å². The van der Waals surface area contributed by atoms with Crippen molar-refractivity contribution in [2.75, 3.05) is 6.54 Å². The quantitative estimate of drug-likeness (QED) is 0.488. The summed E-state index contributed by atoms with van der Waals surface area (Å²) >= 11 is 0. The zero-order chi connectivity index (χ0) is 12.8. The molecule has 0 aliphatic carbocycles. The molecule has 0 aromatic heterocycles. The van der Waals surface area contributed by atoms with Gasteiger partial charge >= 0.3 is 0 Å². The van der Waals surface area contributed by atoms with Crippen molar-refractivity contribution in [3.63, 3.8) is 0 Å². The summed E-state index contributed by atoms with van der Waals surface area (Å²) in [6.07, 6.45) is 0.928. The summed E-state index contributed by atoms with van der Waals surface area (Å²) in [7, 11) is 0. The number of hydrogen-bond donors (Lipinski definition) is 1. The van der Waals surface area contributed by atoms with Crippen molar-refractivity contribution in [1.29, 1.82) is 0 Å². The highest BCUT2D eigenvalue weighted by Crippen LogP contribution is 2.22. The molecule has 8 heteroatoms. The molecular weight excluding hydrogens is 262 g/mol. The summed E-state index contributed by atoms with van der Waals surface area (Å²) in [4.78, 5) is 20.0. The van der Waals surface area contributed by atoms with E-state index in [2.05, 4.69) is 5.32 Å². The average molecular weight is 276 g/mol. The number of nitrogens with zero attached hydrogens (tertiary/aromatic N) is 2. The number of hydrogen-bond acceptors (Lipinski definition) is 5. The van der Waals surface area contributed by atoms with Crippen LogP contribution in [0.1, 0.15) is 18.9 Å². The van der Waals surface area contributed by atoms with Crippen molar-refractivity contribution < 1.29 is 9.85 Å². The van der Waals surface area contributed by atoms with Crippen LogP contribution in [0, 0.1) is 20.2 Å². The minimum atomic E-state index is -0.629. The van der Waals surface area contributed by atoms with Crippen molar-refractivity contribution in [1.82, 2.24) is 5.32 Å². The predicted molar refractivity (Wildman–Crippen MR) is 69.0 cm³/mol. The van der Waals surface area contributed by atoms with E-state index in [1.807, 2.05) is 6.92 Å². The maximum absolute atomic E-state index is 10.6. The minimum Gasteiger partial charge on any atom is -0.313 e. The fourth-order valence-electron chi connectivity index (χ4n) is 1.38. The van der Waals surface area contributed by atoms with Crippen LogP contribution in [0.2, 0.25) is 0 Å². The van der Waals surface area contributed by atoms with Crippen LogP contribution in [0.4, 0.5) is 11.4 Å². The fourth-order valence-corrected chi connectivity index (χ4v) is 1.38. The van der Waals surface area contributed by atoms with E-state index < -0.39 is 9.85 Å². The van der Waals surface area contributed by atoms with Crippen LogP contribution in [0.3, 0.4) is 0 Å². The molecular formula is C10H14ClN3O4. The van der Waals surface area contributed by atoms with Crippen molar-refractivity contribution in [3.8, 4) is 0 Å². The number of non-ortho nitro benzene ring substituents is 2. The fraction of sp³-hybridized carbons (Fsp3) is 0.400. The van der Waals surface area contributed by atoms with Gasteiger partial charge in [-0.15, -0.1) is 12.4 Å². The highest BCUT2D eigenvalue weighted by Gasteiger charge is 2.15. The van der Waals surface area contributed by atoms with E-state index in [9.17, 15) is 20.2 Å². The van der Waals surface area contributed by atoms with Crippen molar-refractivity contribution >= 4 is 23.8 Å². The molecule has 0 radical (unpaired) electrons. The SMILES string of the molecule is CCCNCc1cc([N+](=O)[O-])cc([N+](=O)[O-])c1.Cl. The lowest BCUT2D eigenvalue weighted by molar-refractivity contribution is -0.394. The van der Waals surface area contributed by atoms with Crippen LogP contribution in [-0.2, 0) is 6.54 Å². The molecule has 18 heavy (non-hydrogen) atoms. The number of rotatable bonds is 6. The Morgan fingerprint density at radius 3 is 2.00 bits per heavy atom. The van der Waals surface area contributed by atoms with Gasteiger partial charge in [-0.3, -0.25) is 20.2 Å². The number of nitro benzene ring substituents is 2. The minimum absolute atomic E-state index is 0. The molecule has 0 spiro atoms. The molecule has 7 nitrogen and oxygen atoms in total. The first-order chi connectivity index (χ1) is 8.04. The van der Waals surface area contributed by atoms with E-state index in [-0.39, 0.29) is 23.8 Å². The number of benzene rings is 1. The molecule has 0 aliphatic rings. The van der Waals surface area contributed by atoms with Gasteiger partial charge in [0.2, 0.25) is 0 Å². The van der Waals surface area contributed by atoms with E-state index >= 15 is 0 Å². The molecule has 1 aromatic rings. The number of nitrogens with one attached hydrogen (secondary N) is 1. The lowest BCUT2D eigenvalue weighted by Gasteiger charge is -2.03. The van der Waals surface area contributed by atoms with Crippen LogP contribution in [0.25, 0.3) is 0 Å². The standard InChI is InChI=1S/C10H13N3O4.ClH/c1-2-3-11-7-8-4-9(12(14)15)6-10(5-8)13(16)17;/h4-6,11H,2-3,7H2,1H3;1H. The largest absolute Gasteiger partial charge is 0.313 e. The maximum Gasteiger partial charge on any atom is 0.276 e. The Morgan fingerprint density at radius 1 is 1.11 bits per heavy atom. The van der Waals surface area contributed by atoms with Gasteiger partial charge in [-0.05, 0) is 18.5 Å². The summed E-state index contributed by atoms with van der Waals surface area (Å²) in [5.74, 6) is 0. The molecule has 0 saturated carbocycles. The van der Waals surface area contributed by atoms with Crippen LogP contribution < -0.4 is 5.32 Å². The number of nitro groups is 2. The van der Waals surface area contributed by atoms with Crippen LogP contribution >= 0.6 is 12.4 Å². The molecule has 0 heterocycles. The smallest absolute Gasteiger partial charge is 0.276 e. The van der Waals surface area contributed by atoms with E-state index in [4.69, 9.17) is 0 Å². The van der Waals surface area contributed by atoms with Gasteiger partial charge < -0.3 is 5.32 Å². The maximum atomic E-state index is 10.6. The van der Waals surface area contributed by atoms with Gasteiger partial charge in [0.15, 0.2) is 0 Å². The molecule has 0 bridgehead atoms. The lowest BCUT2D eigenvalue weighted by atomic mass is 10.1. The first kappa shape index (κ1) is 16.3. The summed E-state index contributed by atoms with van der Waals surface area (Å²) in [6, 6.07) is 3.65. The Labute approximate surface area is 110 Å². The Morgan fingerprint density at radius 2 is 1.61 bits per heavy atom. The van der Waals surface area contributed by atoms with Gasteiger partial charge in [0.05, 0.1) is 15.9 Å². The molecule has 0 unspecified atom stereocenters. The van der Waals surface area contributed by atoms with Gasteiger partial charge in [-0.2, -0.15) is 0 Å². The zero-order valence-corrected chi connectivity index (χ0v) is 10.6. The van der Waals surface area contributed by atoms with Gasteiger partial charge in [0, 0.05) is 18.7 Å². The second kappa shape index (κ2) is 7.57. The van der Waals surface area contributed by atoms with Gasteiger partial charge in [-0.1, -0.05) is 6.92 Å². The third kappa shape index (κ3) is 4.64. The summed E-state index contributed by atoms with van der Waals surface area (Å²) < 4.78 is 0. The topological polar surface area (TPSA) is 98.3 Å². The third-order valence-electron chi connectivity index (χ3n) is 2.14. The molecule has 0 fully saturated rings. The predicted octanol–water partition coefficient (Wildman–Crippen LogP) is 2.42. The zero-order valence-electron chi connectivity index (χ0n) is 9.79. The summed E-state index contributed by atoms with van der Waals surface area (Å²) in [6.45, 7) is 3.13. The second-order valence-electron chi connectivity index (χ2n) is 3.55. The van der Waals surface area contributed by atoms with Crippen LogP contribution in [-0.4, -0.2) is 16.4 Å². The highest BCUT2D eigenvalue weighted by atomic mass is 35.5. The Balaban J connectivity index is 0.00000289. The highest BCUT2D eigenvalue weighted by molar-refractivity contribution is 5.85. The Kier molecular flexibility index (Phi) is 6.84. The Hall–Kier alpha value is -1.73. The van der Waals surface area contributed by atoms with Crippen LogP contribution in [0.15, 0.2) is 18.2 Å². The Bertz CT molecular complexity index is 407. The van der Waals surface area contributed by atoms with E-state index in [0.29, 0.717) is 12.1 Å². The summed E-state index contributed by atoms with van der Waals surface area (Å²) in [5.41, 5.74) is 0.0272. The molecule has 100 valence electrons. The first-order valence-electron chi connectivity index (χ1n) is 5.18. The lowest BCUT2D eigenvalue weighted by Crippen LogP contribution is -2.14. The van der Waals surface area contributed by atoms with Gasteiger partial charge in [0.25, 0.3) is 11.4 Å². The molecule has 0 aliphatic heterocycles. The molecule has 0 atom stereocenters. The van der Waals surface area contributed by atoms with E-state index in [1.165, 1.54) is 12.1 Å². The monoisotopic (exact) mass is 275 g/mol. The average Bonchev–Trinajstić information content (AvgIpc) is 2.29. The third-order valence-corrected chi connectivity index (χ3v) is 2.14. The molecule has 0 amide bonds. The molecule has 0 saturated heterocycles. The molecule has 1 N–H and O–H groups in total. The van der Waals surface area contributed by atoms with E-state index in [0.717, 1.165) is 19.0 Å². The van der Waals surface area contributed by atoms with Crippen molar-refractivity contribution in [3.05, 3.63) is 44.0 Å². The van der Waals surface area contributed by atoms with Gasteiger partial charge in [0.1, 0.15) is 0 Å². The van der Waals surface area contributed by atoms with Crippen molar-refractivity contribution in [2.45, 2.75) is 19.9 Å².